The molecule has 14 heteroatoms. The highest BCUT2D eigenvalue weighted by molar-refractivity contribution is 6.02. The van der Waals surface area contributed by atoms with Crippen molar-refractivity contribution in [3.63, 3.8) is 0 Å². The Bertz CT molecular complexity index is 2470. The molecule has 6 N–H and O–H groups in total. The lowest BCUT2D eigenvalue weighted by Crippen LogP contribution is -2.32. The number of piperidine rings is 1. The Hall–Kier alpha value is -7.48. The lowest BCUT2D eigenvalue weighted by atomic mass is 9.91. The van der Waals surface area contributed by atoms with Crippen LogP contribution in [0.15, 0.2) is 137 Å². The van der Waals surface area contributed by atoms with E-state index in [9.17, 15) is 19.2 Å². The van der Waals surface area contributed by atoms with Gasteiger partial charge in [0, 0.05) is 60.3 Å². The summed E-state index contributed by atoms with van der Waals surface area (Å²) in [6.07, 6.45) is 7.64. The first kappa shape index (κ1) is 42.2. The molecule has 8 rings (SSSR count). The van der Waals surface area contributed by atoms with Gasteiger partial charge in [-0.3, -0.25) is 19.2 Å². The van der Waals surface area contributed by atoms with Gasteiger partial charge in [0.15, 0.2) is 0 Å². The van der Waals surface area contributed by atoms with Crippen molar-refractivity contribution in [1.29, 1.82) is 0 Å². The van der Waals surface area contributed by atoms with Crippen LogP contribution in [0.2, 0.25) is 0 Å². The Balaban J connectivity index is 0.751. The minimum absolute atomic E-state index is 0.00976. The van der Waals surface area contributed by atoms with Crippen molar-refractivity contribution in [2.24, 2.45) is 0 Å². The molecule has 0 radical (unpaired) electrons. The standard InChI is InChI=1S/C49H52N8O6/c58-46(54-36-13-17-38(18-14-36)56-23-5-6-24-56)32-51-45-12-4-2-10-43(45)49(61)53-30-41-28-35(33-63-41)34-21-25-57(26-22-34)39-19-15-37(16-20-39)55-47(59)31-50-44-11-3-1-9-42(44)48(60)52-29-40-8-7-27-62-40/h1-4,7-20,27-28,33-34,50-51H,5-6,21-26,29-32H2,(H,52,60)(H,53,61)(H,54,58)(H,55,59). The molecule has 0 atom stereocenters. The van der Waals surface area contributed by atoms with Crippen LogP contribution >= 0.6 is 0 Å². The van der Waals surface area contributed by atoms with E-state index in [0.717, 1.165) is 56.0 Å². The number of nitrogens with one attached hydrogen (secondary N) is 6. The van der Waals surface area contributed by atoms with Crippen LogP contribution in [0.3, 0.4) is 0 Å². The quantitative estimate of drug-likeness (QED) is 0.0532. The van der Waals surface area contributed by atoms with Crippen molar-refractivity contribution in [2.45, 2.75) is 44.7 Å². The number of rotatable bonds is 17. The molecule has 63 heavy (non-hydrogen) atoms. The molecule has 2 aliphatic rings. The van der Waals surface area contributed by atoms with E-state index in [1.165, 1.54) is 18.5 Å². The zero-order valence-electron chi connectivity index (χ0n) is 35.0. The molecule has 324 valence electrons. The van der Waals surface area contributed by atoms with Crippen molar-refractivity contribution < 1.29 is 28.0 Å². The van der Waals surface area contributed by atoms with Crippen LogP contribution in [0.4, 0.5) is 34.1 Å². The van der Waals surface area contributed by atoms with E-state index in [0.29, 0.717) is 45.6 Å². The van der Waals surface area contributed by atoms with Crippen molar-refractivity contribution >= 4 is 57.8 Å². The maximum absolute atomic E-state index is 13.3. The molecular formula is C49H52N8O6. The predicted octanol–water partition coefficient (Wildman–Crippen LogP) is 7.82. The highest BCUT2D eigenvalue weighted by atomic mass is 16.3. The summed E-state index contributed by atoms with van der Waals surface area (Å²) in [7, 11) is 0. The van der Waals surface area contributed by atoms with Gasteiger partial charge in [-0.15, -0.1) is 0 Å². The summed E-state index contributed by atoms with van der Waals surface area (Å²) in [6.45, 7) is 4.34. The smallest absolute Gasteiger partial charge is 0.253 e. The van der Waals surface area contributed by atoms with E-state index in [4.69, 9.17) is 8.83 Å². The third-order valence-corrected chi connectivity index (χ3v) is 11.4. The fraction of sp³-hybridized carbons (Fsp3) is 0.265. The Labute approximate surface area is 366 Å². The topological polar surface area (TPSA) is 173 Å². The molecule has 4 aromatic carbocycles. The van der Waals surface area contributed by atoms with Gasteiger partial charge >= 0.3 is 0 Å². The summed E-state index contributed by atoms with van der Waals surface area (Å²) in [4.78, 5) is 56.4. The minimum Gasteiger partial charge on any atom is -0.467 e. The van der Waals surface area contributed by atoms with Crippen molar-refractivity contribution in [2.75, 3.05) is 70.3 Å². The van der Waals surface area contributed by atoms with Gasteiger partial charge in [0.05, 0.1) is 49.8 Å². The van der Waals surface area contributed by atoms with Crippen LogP contribution in [0.25, 0.3) is 0 Å². The molecule has 2 aromatic heterocycles. The molecule has 0 saturated carbocycles. The highest BCUT2D eigenvalue weighted by Crippen LogP contribution is 2.32. The lowest BCUT2D eigenvalue weighted by Gasteiger charge is -2.33. The minimum atomic E-state index is -0.271. The molecule has 6 aromatic rings. The average Bonchev–Trinajstić information content (AvgIpc) is 4.15. The van der Waals surface area contributed by atoms with E-state index in [-0.39, 0.29) is 49.8 Å². The Morgan fingerprint density at radius 2 is 1.06 bits per heavy atom. The molecular weight excluding hydrogens is 797 g/mol. The first-order chi connectivity index (χ1) is 30.8. The van der Waals surface area contributed by atoms with Gasteiger partial charge < -0.3 is 50.5 Å². The van der Waals surface area contributed by atoms with Gasteiger partial charge in [-0.05, 0) is 128 Å². The predicted molar refractivity (Wildman–Crippen MR) is 245 cm³/mol. The molecule has 4 amide bonds. The number of carbonyl (C=O) groups excluding carboxylic acids is 4. The van der Waals surface area contributed by atoms with E-state index >= 15 is 0 Å². The first-order valence-corrected chi connectivity index (χ1v) is 21.5. The fourth-order valence-corrected chi connectivity index (χ4v) is 8.03. The third-order valence-electron chi connectivity index (χ3n) is 11.4. The van der Waals surface area contributed by atoms with Crippen molar-refractivity contribution in [3.05, 3.63) is 156 Å². The number of nitrogens with zero attached hydrogens (tertiary/aromatic N) is 2. The monoisotopic (exact) mass is 848 g/mol. The summed E-state index contributed by atoms with van der Waals surface area (Å²) >= 11 is 0. The number of carbonyl (C=O) groups is 4. The van der Waals surface area contributed by atoms with Crippen molar-refractivity contribution in [3.8, 4) is 0 Å². The summed E-state index contributed by atoms with van der Waals surface area (Å²) in [5.41, 5.74) is 6.76. The molecule has 0 aliphatic carbocycles. The third kappa shape index (κ3) is 11.3. The van der Waals surface area contributed by atoms with E-state index in [2.05, 4.69) is 41.7 Å². The van der Waals surface area contributed by atoms with E-state index in [1.54, 1.807) is 61.1 Å². The van der Waals surface area contributed by atoms with Gasteiger partial charge in [0.1, 0.15) is 11.5 Å². The van der Waals surface area contributed by atoms with E-state index < -0.39 is 0 Å². The van der Waals surface area contributed by atoms with Crippen LogP contribution in [0, 0.1) is 0 Å². The Kier molecular flexibility index (Phi) is 13.7. The zero-order valence-corrected chi connectivity index (χ0v) is 35.0. The molecule has 0 bridgehead atoms. The van der Waals surface area contributed by atoms with E-state index in [1.807, 2.05) is 66.7 Å². The van der Waals surface area contributed by atoms with Gasteiger partial charge in [-0.2, -0.15) is 0 Å². The van der Waals surface area contributed by atoms with Crippen molar-refractivity contribution in [1.82, 2.24) is 10.6 Å². The number of para-hydroxylation sites is 2. The first-order valence-electron chi connectivity index (χ1n) is 21.5. The van der Waals surface area contributed by atoms with Gasteiger partial charge in [0.2, 0.25) is 11.8 Å². The number of benzene rings is 4. The lowest BCUT2D eigenvalue weighted by molar-refractivity contribution is -0.115. The number of furan rings is 2. The Morgan fingerprint density at radius 3 is 1.59 bits per heavy atom. The van der Waals surface area contributed by atoms with Crippen LogP contribution in [0.1, 0.15) is 69.4 Å². The molecule has 2 fully saturated rings. The fourth-order valence-electron chi connectivity index (χ4n) is 8.03. The SMILES string of the molecule is O=C(CNc1ccccc1C(=O)NCc1ccco1)Nc1ccc(N2CCC(c3coc(CNC(=O)c4ccccc4NCC(=O)Nc4ccc(N5CCCC5)cc4)c3)CC2)cc1. The second-order valence-corrected chi connectivity index (χ2v) is 15.7. The molecule has 2 aliphatic heterocycles. The summed E-state index contributed by atoms with van der Waals surface area (Å²) in [6, 6.07) is 35.5. The second-order valence-electron chi connectivity index (χ2n) is 15.7. The number of hydrogen-bond donors (Lipinski definition) is 6. The molecule has 0 spiro atoms. The summed E-state index contributed by atoms with van der Waals surface area (Å²) in [5.74, 6) is 0.667. The van der Waals surface area contributed by atoms with Crippen LogP contribution in [-0.2, 0) is 22.7 Å². The number of anilines is 6. The summed E-state index contributed by atoms with van der Waals surface area (Å²) in [5, 5.41) is 17.9. The van der Waals surface area contributed by atoms with Crippen LogP contribution in [0.5, 0.6) is 0 Å². The normalized spacial score (nSPS) is 13.9. The number of amides is 4. The second kappa shape index (κ2) is 20.4. The largest absolute Gasteiger partial charge is 0.467 e. The maximum Gasteiger partial charge on any atom is 0.253 e. The molecule has 0 unspecified atom stereocenters. The Morgan fingerprint density at radius 1 is 0.556 bits per heavy atom. The van der Waals surface area contributed by atoms with Gasteiger partial charge in [-0.25, -0.2) is 0 Å². The van der Waals surface area contributed by atoms with Gasteiger partial charge in [0.25, 0.3) is 11.8 Å². The maximum atomic E-state index is 13.3. The number of hydrogen-bond acceptors (Lipinski definition) is 10. The summed E-state index contributed by atoms with van der Waals surface area (Å²) < 4.78 is 11.2. The van der Waals surface area contributed by atoms with Crippen LogP contribution < -0.4 is 41.7 Å². The van der Waals surface area contributed by atoms with Crippen LogP contribution in [-0.4, -0.2) is 62.9 Å². The highest BCUT2D eigenvalue weighted by Gasteiger charge is 2.23. The van der Waals surface area contributed by atoms with Gasteiger partial charge in [-0.1, -0.05) is 24.3 Å². The molecule has 4 heterocycles. The molecule has 14 nitrogen and oxygen atoms in total. The zero-order chi connectivity index (χ0) is 43.4. The molecule has 2 saturated heterocycles. The average molecular weight is 849 g/mol.